The Hall–Kier alpha value is -2.67. The summed E-state index contributed by atoms with van der Waals surface area (Å²) in [5, 5.41) is 0. The van der Waals surface area contributed by atoms with Crippen molar-refractivity contribution in [1.82, 2.24) is 19.3 Å². The van der Waals surface area contributed by atoms with Gasteiger partial charge in [0, 0.05) is 6.20 Å². The Labute approximate surface area is 156 Å². The van der Waals surface area contributed by atoms with Gasteiger partial charge in [0.1, 0.15) is 11.3 Å². The second kappa shape index (κ2) is 5.66. The largest absolute Gasteiger partial charge is 0.443 e. The van der Waals surface area contributed by atoms with Crippen molar-refractivity contribution in [2.24, 2.45) is 0 Å². The van der Waals surface area contributed by atoms with Crippen molar-refractivity contribution >= 4 is 11.6 Å². The number of morpholine rings is 1. The fraction of sp³-hybridized carbons (Fsp3) is 0.450. The molecule has 3 aliphatic rings. The van der Waals surface area contributed by atoms with Crippen molar-refractivity contribution in [1.29, 1.82) is 0 Å². The van der Waals surface area contributed by atoms with Gasteiger partial charge in [-0.3, -0.25) is 9.20 Å². The molecule has 0 N–H and O–H groups in total. The maximum Gasteiger partial charge on any atom is 0.273 e. The molecule has 3 aromatic heterocycles. The first-order valence-corrected chi connectivity index (χ1v) is 9.60. The predicted molar refractivity (Wildman–Crippen MR) is 96.5 cm³/mol. The quantitative estimate of drug-likeness (QED) is 0.714. The van der Waals surface area contributed by atoms with E-state index in [1.165, 1.54) is 24.8 Å². The topological polar surface area (TPSA) is 72.9 Å². The molecule has 138 valence electrons. The van der Waals surface area contributed by atoms with Gasteiger partial charge in [0.05, 0.1) is 43.3 Å². The van der Waals surface area contributed by atoms with Crippen LogP contribution in [0.3, 0.4) is 0 Å². The monoisotopic (exact) mass is 364 g/mol. The van der Waals surface area contributed by atoms with E-state index in [0.29, 0.717) is 30.6 Å². The summed E-state index contributed by atoms with van der Waals surface area (Å²) in [6, 6.07) is 2.50. The van der Waals surface area contributed by atoms with Crippen LogP contribution >= 0.6 is 0 Å². The number of aromatic nitrogens is 3. The third-order valence-electron chi connectivity index (χ3n) is 6.07. The van der Waals surface area contributed by atoms with Crippen LogP contribution in [-0.4, -0.2) is 50.5 Å². The Balaban J connectivity index is 1.49. The highest BCUT2D eigenvalue weighted by Crippen LogP contribution is 2.42. The lowest BCUT2D eigenvalue weighted by Crippen LogP contribution is -2.49. The Bertz CT molecular complexity index is 1010. The molecule has 0 spiro atoms. The van der Waals surface area contributed by atoms with Crippen molar-refractivity contribution in [2.45, 2.75) is 43.7 Å². The average molecular weight is 364 g/mol. The molecule has 0 radical (unpaired) electrons. The fourth-order valence-electron chi connectivity index (χ4n) is 4.53. The zero-order valence-corrected chi connectivity index (χ0v) is 14.9. The van der Waals surface area contributed by atoms with Gasteiger partial charge in [-0.05, 0) is 43.2 Å². The fourth-order valence-corrected chi connectivity index (χ4v) is 4.53. The van der Waals surface area contributed by atoms with Crippen molar-refractivity contribution in [3.05, 3.63) is 42.3 Å². The van der Waals surface area contributed by atoms with Gasteiger partial charge in [0.25, 0.3) is 5.91 Å². The second-order valence-electron chi connectivity index (χ2n) is 7.80. The molecular formula is C20H20N4O3. The highest BCUT2D eigenvalue weighted by Gasteiger charge is 2.41. The molecule has 6 rings (SSSR count). The number of ether oxygens (including phenoxy) is 1. The van der Waals surface area contributed by atoms with E-state index in [-0.39, 0.29) is 18.0 Å². The molecule has 1 aliphatic carbocycles. The summed E-state index contributed by atoms with van der Waals surface area (Å²) in [6.07, 6.45) is 11.3. The molecule has 2 saturated heterocycles. The number of fused-ring (bicyclic) bond motifs is 3. The number of pyridine rings is 1. The lowest BCUT2D eigenvalue weighted by Gasteiger charge is -2.34. The van der Waals surface area contributed by atoms with E-state index in [9.17, 15) is 4.79 Å². The normalized spacial score (nSPS) is 24.7. The van der Waals surface area contributed by atoms with E-state index in [2.05, 4.69) is 22.2 Å². The van der Waals surface area contributed by atoms with Crippen molar-refractivity contribution in [3.8, 4) is 11.3 Å². The van der Waals surface area contributed by atoms with Crippen LogP contribution in [0.4, 0.5) is 0 Å². The summed E-state index contributed by atoms with van der Waals surface area (Å²) >= 11 is 0. The SMILES string of the molecule is O=C(c1cnc2c(-c3cnco3)cc(C3CC3)cn12)N1C2CCC1COC2. The molecule has 2 unspecified atom stereocenters. The summed E-state index contributed by atoms with van der Waals surface area (Å²) in [7, 11) is 0. The van der Waals surface area contributed by atoms with Gasteiger partial charge in [0.15, 0.2) is 12.2 Å². The van der Waals surface area contributed by atoms with Crippen LogP contribution in [0.15, 0.2) is 35.5 Å². The minimum Gasteiger partial charge on any atom is -0.443 e. The number of carbonyl (C=O) groups excluding carboxylic acids is 1. The minimum absolute atomic E-state index is 0.0507. The molecular weight excluding hydrogens is 344 g/mol. The van der Waals surface area contributed by atoms with Crippen molar-refractivity contribution in [3.63, 3.8) is 0 Å². The van der Waals surface area contributed by atoms with Crippen LogP contribution in [0.25, 0.3) is 17.0 Å². The predicted octanol–water partition coefficient (Wildman–Crippen LogP) is 2.87. The molecule has 1 saturated carbocycles. The smallest absolute Gasteiger partial charge is 0.273 e. The van der Waals surface area contributed by atoms with Gasteiger partial charge >= 0.3 is 0 Å². The Kier molecular flexibility index (Phi) is 3.23. The van der Waals surface area contributed by atoms with Gasteiger partial charge < -0.3 is 14.1 Å². The third-order valence-corrected chi connectivity index (χ3v) is 6.07. The summed E-state index contributed by atoms with van der Waals surface area (Å²) in [4.78, 5) is 24.0. The Morgan fingerprint density at radius 2 is 1.93 bits per heavy atom. The molecule has 3 fully saturated rings. The molecule has 2 atom stereocenters. The number of imidazole rings is 1. The first-order valence-electron chi connectivity index (χ1n) is 9.60. The van der Waals surface area contributed by atoms with Crippen LogP contribution in [0, 0.1) is 0 Å². The van der Waals surface area contributed by atoms with Crippen LogP contribution in [0.5, 0.6) is 0 Å². The Morgan fingerprint density at radius 1 is 1.11 bits per heavy atom. The standard InChI is InChI=1S/C20H20N4O3/c25-20(24-14-3-4-15(24)10-26-9-14)17-6-22-19-16(18-7-21-11-27-18)5-13(8-23(17)19)12-1-2-12/h5-8,11-12,14-15H,1-4,9-10H2. The summed E-state index contributed by atoms with van der Waals surface area (Å²) < 4.78 is 13.1. The van der Waals surface area contributed by atoms with Crippen LogP contribution < -0.4 is 0 Å². The molecule has 2 aliphatic heterocycles. The van der Waals surface area contributed by atoms with E-state index >= 15 is 0 Å². The second-order valence-corrected chi connectivity index (χ2v) is 7.80. The van der Waals surface area contributed by atoms with Crippen molar-refractivity contribution < 1.29 is 13.9 Å². The van der Waals surface area contributed by atoms with Gasteiger partial charge in [-0.1, -0.05) is 0 Å². The average Bonchev–Trinajstić information content (AvgIpc) is 3.12. The number of rotatable bonds is 3. The molecule has 7 heteroatoms. The van der Waals surface area contributed by atoms with E-state index in [1.54, 1.807) is 12.4 Å². The van der Waals surface area contributed by atoms with Crippen LogP contribution in [-0.2, 0) is 4.74 Å². The lowest BCUT2D eigenvalue weighted by atomic mass is 10.1. The number of nitrogens with zero attached hydrogens (tertiary/aromatic N) is 4. The lowest BCUT2D eigenvalue weighted by molar-refractivity contribution is -0.00751. The summed E-state index contributed by atoms with van der Waals surface area (Å²) in [5.41, 5.74) is 3.47. The zero-order valence-electron chi connectivity index (χ0n) is 14.9. The third kappa shape index (κ3) is 2.34. The Morgan fingerprint density at radius 3 is 2.63 bits per heavy atom. The van der Waals surface area contributed by atoms with Gasteiger partial charge in [-0.15, -0.1) is 0 Å². The first kappa shape index (κ1) is 15.4. The number of hydrogen-bond acceptors (Lipinski definition) is 5. The molecule has 27 heavy (non-hydrogen) atoms. The maximum absolute atomic E-state index is 13.4. The molecule has 5 heterocycles. The minimum atomic E-state index is 0.0507. The molecule has 2 bridgehead atoms. The number of carbonyl (C=O) groups is 1. The number of amides is 1. The molecule has 0 aromatic carbocycles. The summed E-state index contributed by atoms with van der Waals surface area (Å²) in [6.45, 7) is 1.27. The van der Waals surface area contributed by atoms with Gasteiger partial charge in [-0.25, -0.2) is 9.97 Å². The highest BCUT2D eigenvalue weighted by molar-refractivity contribution is 5.95. The van der Waals surface area contributed by atoms with E-state index in [1.807, 2.05) is 9.30 Å². The van der Waals surface area contributed by atoms with E-state index < -0.39 is 0 Å². The van der Waals surface area contributed by atoms with Crippen LogP contribution in [0.1, 0.15) is 47.7 Å². The van der Waals surface area contributed by atoms with Gasteiger partial charge in [-0.2, -0.15) is 0 Å². The number of hydrogen-bond donors (Lipinski definition) is 0. The van der Waals surface area contributed by atoms with E-state index in [4.69, 9.17) is 9.15 Å². The molecule has 7 nitrogen and oxygen atoms in total. The molecule has 1 amide bonds. The first-order chi connectivity index (χ1) is 13.3. The van der Waals surface area contributed by atoms with Gasteiger partial charge in [0.2, 0.25) is 0 Å². The van der Waals surface area contributed by atoms with Crippen molar-refractivity contribution in [2.75, 3.05) is 13.2 Å². The maximum atomic E-state index is 13.4. The zero-order chi connectivity index (χ0) is 18.0. The number of oxazole rings is 1. The van der Waals surface area contributed by atoms with Crippen LogP contribution in [0.2, 0.25) is 0 Å². The highest BCUT2D eigenvalue weighted by atomic mass is 16.5. The van der Waals surface area contributed by atoms with E-state index in [0.717, 1.165) is 24.1 Å². The molecule has 3 aromatic rings. The summed E-state index contributed by atoms with van der Waals surface area (Å²) in [5.74, 6) is 1.29.